The van der Waals surface area contributed by atoms with Crippen LogP contribution in [0.15, 0.2) is 91.3 Å². The van der Waals surface area contributed by atoms with Gasteiger partial charge in [0.2, 0.25) is 5.91 Å². The van der Waals surface area contributed by atoms with Crippen LogP contribution in [-0.4, -0.2) is 32.0 Å². The highest BCUT2D eigenvalue weighted by Crippen LogP contribution is 2.39. The van der Waals surface area contributed by atoms with Gasteiger partial charge in [-0.15, -0.1) is 11.8 Å². The van der Waals surface area contributed by atoms with E-state index in [1.807, 2.05) is 101 Å². The number of rotatable bonds is 7. The van der Waals surface area contributed by atoms with Crippen molar-refractivity contribution in [3.8, 4) is 5.69 Å². The predicted octanol–water partition coefficient (Wildman–Crippen LogP) is 4.88. The van der Waals surface area contributed by atoms with Crippen LogP contribution in [-0.2, 0) is 17.9 Å². The van der Waals surface area contributed by atoms with Gasteiger partial charge in [-0.3, -0.25) is 9.59 Å². The number of hydrogen-bond acceptors (Lipinski definition) is 4. The van der Waals surface area contributed by atoms with Gasteiger partial charge >= 0.3 is 0 Å². The molecule has 1 atom stereocenters. The van der Waals surface area contributed by atoms with Crippen LogP contribution in [0.4, 0.5) is 0 Å². The van der Waals surface area contributed by atoms with Crippen LogP contribution in [0.3, 0.4) is 0 Å². The zero-order valence-corrected chi connectivity index (χ0v) is 20.2. The molecule has 35 heavy (non-hydrogen) atoms. The molecule has 2 heterocycles. The summed E-state index contributed by atoms with van der Waals surface area (Å²) < 4.78 is 2.01. The number of aromatic nitrogens is 2. The van der Waals surface area contributed by atoms with Gasteiger partial charge in [-0.2, -0.15) is 0 Å². The number of nitrogens with zero attached hydrogens (tertiary/aromatic N) is 3. The van der Waals surface area contributed by atoms with Gasteiger partial charge in [0.25, 0.3) is 5.91 Å². The van der Waals surface area contributed by atoms with Crippen LogP contribution in [0.25, 0.3) is 5.69 Å². The van der Waals surface area contributed by atoms with Crippen LogP contribution in [0.1, 0.15) is 38.2 Å². The lowest BCUT2D eigenvalue weighted by Gasteiger charge is -2.24. The van der Waals surface area contributed by atoms with Crippen molar-refractivity contribution in [2.24, 2.45) is 0 Å². The summed E-state index contributed by atoms with van der Waals surface area (Å²) in [6.07, 6.45) is 3.69. The molecule has 0 saturated carbocycles. The lowest BCUT2D eigenvalue weighted by Crippen LogP contribution is -2.27. The molecule has 1 aliphatic heterocycles. The molecule has 6 nitrogen and oxygen atoms in total. The average molecular weight is 483 g/mol. The van der Waals surface area contributed by atoms with Gasteiger partial charge in [-0.1, -0.05) is 60.7 Å². The highest BCUT2D eigenvalue weighted by Gasteiger charge is 2.32. The zero-order chi connectivity index (χ0) is 24.2. The third kappa shape index (κ3) is 5.00. The Morgan fingerprint density at radius 3 is 2.51 bits per heavy atom. The Bertz CT molecular complexity index is 1330. The molecule has 1 fully saturated rings. The summed E-state index contributed by atoms with van der Waals surface area (Å²) in [5, 5.41) is 2.98. The monoisotopic (exact) mass is 482 g/mol. The molecule has 1 saturated heterocycles. The molecule has 5 rings (SSSR count). The fourth-order valence-electron chi connectivity index (χ4n) is 4.29. The Morgan fingerprint density at radius 2 is 1.77 bits per heavy atom. The fourth-order valence-corrected chi connectivity index (χ4v) is 5.47. The number of para-hydroxylation sites is 1. The lowest BCUT2D eigenvalue weighted by atomic mass is 10.1. The number of amides is 2. The van der Waals surface area contributed by atoms with Crippen molar-refractivity contribution in [1.29, 1.82) is 0 Å². The summed E-state index contributed by atoms with van der Waals surface area (Å²) in [5.41, 5.74) is 4.73. The minimum atomic E-state index is -0.134. The minimum Gasteiger partial charge on any atom is -0.348 e. The van der Waals surface area contributed by atoms with Gasteiger partial charge < -0.3 is 14.8 Å². The largest absolute Gasteiger partial charge is 0.348 e. The highest BCUT2D eigenvalue weighted by molar-refractivity contribution is 8.00. The smallest absolute Gasteiger partial charge is 0.251 e. The number of nitrogens with one attached hydrogen (secondary N) is 1. The Kier molecular flexibility index (Phi) is 6.68. The molecule has 1 aliphatic rings. The molecular formula is C28H26N4O2S. The van der Waals surface area contributed by atoms with Crippen LogP contribution in [0, 0.1) is 6.92 Å². The Labute approximate surface area is 209 Å². The molecular weight excluding hydrogens is 456 g/mol. The molecule has 7 heteroatoms. The third-order valence-corrected chi connectivity index (χ3v) is 7.39. The maximum atomic E-state index is 12.9. The van der Waals surface area contributed by atoms with E-state index >= 15 is 0 Å². The topological polar surface area (TPSA) is 67.2 Å². The van der Waals surface area contributed by atoms with Crippen LogP contribution >= 0.6 is 11.8 Å². The van der Waals surface area contributed by atoms with Gasteiger partial charge in [0.1, 0.15) is 11.2 Å². The van der Waals surface area contributed by atoms with Gasteiger partial charge in [-0.05, 0) is 41.8 Å². The summed E-state index contributed by atoms with van der Waals surface area (Å²) in [6.45, 7) is 2.94. The first-order chi connectivity index (χ1) is 17.1. The molecule has 1 unspecified atom stereocenters. The second kappa shape index (κ2) is 10.2. The van der Waals surface area contributed by atoms with Crippen molar-refractivity contribution in [2.75, 3.05) is 5.75 Å². The number of aryl methyl sites for hydroxylation is 1. The minimum absolute atomic E-state index is 0.0508. The summed E-state index contributed by atoms with van der Waals surface area (Å²) in [6, 6.07) is 25.6. The van der Waals surface area contributed by atoms with Crippen molar-refractivity contribution in [3.63, 3.8) is 0 Å². The van der Waals surface area contributed by atoms with Gasteiger partial charge in [0.15, 0.2) is 0 Å². The van der Waals surface area contributed by atoms with Crippen molar-refractivity contribution < 1.29 is 9.59 Å². The zero-order valence-electron chi connectivity index (χ0n) is 19.4. The molecule has 2 amide bonds. The molecule has 4 aromatic rings. The maximum Gasteiger partial charge on any atom is 0.251 e. The van der Waals surface area contributed by atoms with Crippen LogP contribution in [0.2, 0.25) is 0 Å². The Morgan fingerprint density at radius 1 is 1.03 bits per heavy atom. The van der Waals surface area contributed by atoms with Crippen molar-refractivity contribution in [3.05, 3.63) is 119 Å². The van der Waals surface area contributed by atoms with E-state index in [0.717, 1.165) is 28.2 Å². The lowest BCUT2D eigenvalue weighted by molar-refractivity contribution is -0.128. The number of carbonyl (C=O) groups excluding carboxylic acids is 2. The van der Waals surface area contributed by atoms with E-state index in [1.165, 1.54) is 0 Å². The molecule has 0 bridgehead atoms. The first-order valence-corrected chi connectivity index (χ1v) is 12.6. The Balaban J connectivity index is 1.26. The molecule has 0 spiro atoms. The van der Waals surface area contributed by atoms with E-state index in [9.17, 15) is 9.59 Å². The second-order valence-electron chi connectivity index (χ2n) is 8.45. The van der Waals surface area contributed by atoms with E-state index < -0.39 is 0 Å². The molecule has 3 aromatic carbocycles. The molecule has 1 aromatic heterocycles. The number of hydrogen-bond donors (Lipinski definition) is 1. The number of benzene rings is 3. The molecule has 1 N–H and O–H groups in total. The van der Waals surface area contributed by atoms with E-state index in [-0.39, 0.29) is 17.2 Å². The molecule has 0 aliphatic carbocycles. The van der Waals surface area contributed by atoms with E-state index in [4.69, 9.17) is 0 Å². The SMILES string of the molecule is Cc1nccn1-c1ccccc1CNC(=O)c1ccc(C2SCC(=O)N2Cc2ccccc2)cc1. The Hall–Kier alpha value is -3.84. The summed E-state index contributed by atoms with van der Waals surface area (Å²) >= 11 is 1.62. The van der Waals surface area contributed by atoms with E-state index in [0.29, 0.717) is 24.4 Å². The van der Waals surface area contributed by atoms with Crippen molar-refractivity contribution in [2.45, 2.75) is 25.4 Å². The van der Waals surface area contributed by atoms with Crippen LogP contribution in [0.5, 0.6) is 0 Å². The summed E-state index contributed by atoms with van der Waals surface area (Å²) in [5.74, 6) is 1.36. The highest BCUT2D eigenvalue weighted by atomic mass is 32.2. The van der Waals surface area contributed by atoms with E-state index in [1.54, 1.807) is 18.0 Å². The quantitative estimate of drug-likeness (QED) is 0.408. The first kappa shape index (κ1) is 22.9. The maximum absolute atomic E-state index is 12.9. The second-order valence-corrected chi connectivity index (χ2v) is 9.52. The normalized spacial score (nSPS) is 15.4. The van der Waals surface area contributed by atoms with Gasteiger partial charge in [-0.25, -0.2) is 4.98 Å². The van der Waals surface area contributed by atoms with E-state index in [2.05, 4.69) is 10.3 Å². The predicted molar refractivity (Wildman–Crippen MR) is 138 cm³/mol. The first-order valence-electron chi connectivity index (χ1n) is 11.5. The molecule has 176 valence electrons. The summed E-state index contributed by atoms with van der Waals surface area (Å²) in [4.78, 5) is 31.6. The van der Waals surface area contributed by atoms with Crippen molar-refractivity contribution >= 4 is 23.6 Å². The van der Waals surface area contributed by atoms with Gasteiger partial charge in [0, 0.05) is 31.0 Å². The third-order valence-electron chi connectivity index (χ3n) is 6.14. The number of imidazole rings is 1. The fraction of sp³-hybridized carbons (Fsp3) is 0.179. The standard InChI is InChI=1S/C28H26N4O2S/c1-20-29-15-16-31(20)25-10-6-5-9-24(25)17-30-27(34)22-11-13-23(14-12-22)28-32(26(33)19-35-28)18-21-7-3-2-4-8-21/h2-16,28H,17-19H2,1H3,(H,30,34). The average Bonchev–Trinajstić information content (AvgIpc) is 3.48. The summed E-state index contributed by atoms with van der Waals surface area (Å²) in [7, 11) is 0. The van der Waals surface area contributed by atoms with Crippen LogP contribution < -0.4 is 5.32 Å². The number of carbonyl (C=O) groups is 2. The molecule has 0 radical (unpaired) electrons. The van der Waals surface area contributed by atoms with Gasteiger partial charge in [0.05, 0.1) is 11.4 Å². The number of thioether (sulfide) groups is 1. The van der Waals surface area contributed by atoms with Crippen molar-refractivity contribution in [1.82, 2.24) is 19.8 Å².